The summed E-state index contributed by atoms with van der Waals surface area (Å²) in [6, 6.07) is 9.28. The summed E-state index contributed by atoms with van der Waals surface area (Å²) in [7, 11) is 0. The third-order valence-electron chi connectivity index (χ3n) is 2.72. The quantitative estimate of drug-likeness (QED) is 0.910. The summed E-state index contributed by atoms with van der Waals surface area (Å²) in [4.78, 5) is 11.9. The summed E-state index contributed by atoms with van der Waals surface area (Å²) in [6.07, 6.45) is 2.50. The van der Waals surface area contributed by atoms with Crippen LogP contribution in [0, 0.1) is 11.3 Å². The summed E-state index contributed by atoms with van der Waals surface area (Å²) in [5.41, 5.74) is 2.08. The van der Waals surface area contributed by atoms with Crippen molar-refractivity contribution in [2.45, 2.75) is 19.3 Å². The number of hydrogen-bond acceptors (Lipinski definition) is 2. The van der Waals surface area contributed by atoms with E-state index >= 15 is 0 Å². The van der Waals surface area contributed by atoms with Crippen LogP contribution in [0.3, 0.4) is 0 Å². The summed E-state index contributed by atoms with van der Waals surface area (Å²) in [5.74, 6) is -0.151. The van der Waals surface area contributed by atoms with Crippen LogP contribution in [-0.4, -0.2) is 5.91 Å². The molecule has 0 radical (unpaired) electrons. The largest absolute Gasteiger partial charge is 0.325 e. The first-order valence-electron chi connectivity index (χ1n) is 5.40. The molecule has 0 fully saturated rings. The maximum absolute atomic E-state index is 11.9. The number of carbonyl (C=O) groups excluding carboxylic acids is 1. The normalized spacial score (nSPS) is 14.6. The first-order chi connectivity index (χ1) is 8.20. The van der Waals surface area contributed by atoms with Gasteiger partial charge in [0.25, 0.3) is 5.91 Å². The van der Waals surface area contributed by atoms with E-state index in [2.05, 4.69) is 27.3 Å². The van der Waals surface area contributed by atoms with Crippen LogP contribution in [-0.2, 0) is 0 Å². The fourth-order valence-electron chi connectivity index (χ4n) is 1.82. The molecule has 0 spiro atoms. The standard InChI is InChI=1S/C13H11BrN2O/c14-11-6-4-9(5-7-11)13(17)16-12-3-1-2-10(12)8-15/h4-7H,1-3H2,(H,16,17). The van der Waals surface area contributed by atoms with Gasteiger partial charge in [-0.3, -0.25) is 4.79 Å². The molecule has 0 aliphatic heterocycles. The minimum Gasteiger partial charge on any atom is -0.325 e. The summed E-state index contributed by atoms with van der Waals surface area (Å²) >= 11 is 3.32. The molecule has 17 heavy (non-hydrogen) atoms. The second-order valence-corrected chi connectivity index (χ2v) is 4.80. The van der Waals surface area contributed by atoms with Gasteiger partial charge in [0.2, 0.25) is 0 Å². The molecule has 0 bridgehead atoms. The lowest BCUT2D eigenvalue weighted by Crippen LogP contribution is -2.22. The number of halogens is 1. The summed E-state index contributed by atoms with van der Waals surface area (Å²) < 4.78 is 0.937. The number of nitrogens with zero attached hydrogens (tertiary/aromatic N) is 1. The predicted octanol–water partition coefficient (Wildman–Crippen LogP) is 3.14. The number of benzene rings is 1. The second kappa shape index (κ2) is 5.15. The van der Waals surface area contributed by atoms with Crippen LogP contribution in [0.4, 0.5) is 0 Å². The molecule has 1 amide bonds. The molecule has 1 aliphatic rings. The number of amides is 1. The molecule has 0 saturated carbocycles. The Kier molecular flexibility index (Phi) is 3.60. The van der Waals surface area contributed by atoms with Crippen molar-refractivity contribution in [1.82, 2.24) is 5.32 Å². The highest BCUT2D eigenvalue weighted by atomic mass is 79.9. The maximum Gasteiger partial charge on any atom is 0.255 e. The first kappa shape index (κ1) is 11.9. The molecule has 0 atom stereocenters. The van der Waals surface area contributed by atoms with E-state index in [1.165, 1.54) is 0 Å². The van der Waals surface area contributed by atoms with Crippen LogP contribution >= 0.6 is 15.9 Å². The molecule has 0 saturated heterocycles. The average molecular weight is 291 g/mol. The number of rotatable bonds is 2. The SMILES string of the molecule is N#CC1=C(NC(=O)c2ccc(Br)cc2)CCC1. The molecule has 0 aromatic heterocycles. The maximum atomic E-state index is 11.9. The molecule has 0 heterocycles. The highest BCUT2D eigenvalue weighted by molar-refractivity contribution is 9.10. The fraction of sp³-hybridized carbons (Fsp3) is 0.231. The molecule has 86 valence electrons. The Bertz CT molecular complexity index is 511. The number of nitrogens with one attached hydrogen (secondary N) is 1. The molecule has 1 aliphatic carbocycles. The summed E-state index contributed by atoms with van der Waals surface area (Å²) in [6.45, 7) is 0. The topological polar surface area (TPSA) is 52.9 Å². The van der Waals surface area contributed by atoms with Crippen molar-refractivity contribution in [2.24, 2.45) is 0 Å². The van der Waals surface area contributed by atoms with E-state index in [9.17, 15) is 4.79 Å². The molecule has 3 nitrogen and oxygen atoms in total. The predicted molar refractivity (Wildman–Crippen MR) is 68.1 cm³/mol. The zero-order chi connectivity index (χ0) is 12.3. The van der Waals surface area contributed by atoms with Crippen molar-refractivity contribution in [3.05, 3.63) is 45.6 Å². The number of allylic oxidation sites excluding steroid dienone is 2. The van der Waals surface area contributed by atoms with Gasteiger partial charge in [-0.2, -0.15) is 5.26 Å². The molecule has 2 rings (SSSR count). The van der Waals surface area contributed by atoms with Crippen molar-refractivity contribution >= 4 is 21.8 Å². The molecule has 1 N–H and O–H groups in total. The third-order valence-corrected chi connectivity index (χ3v) is 3.25. The fourth-order valence-corrected chi connectivity index (χ4v) is 2.08. The Morgan fingerprint density at radius 1 is 1.29 bits per heavy atom. The zero-order valence-electron chi connectivity index (χ0n) is 9.16. The van der Waals surface area contributed by atoms with Gasteiger partial charge in [0.05, 0.1) is 6.07 Å². The Hall–Kier alpha value is -1.60. The van der Waals surface area contributed by atoms with E-state index in [0.717, 1.165) is 29.4 Å². The van der Waals surface area contributed by atoms with E-state index in [4.69, 9.17) is 5.26 Å². The number of nitriles is 1. The number of carbonyl (C=O) groups is 1. The molecule has 1 aromatic rings. The van der Waals surface area contributed by atoms with Crippen molar-refractivity contribution < 1.29 is 4.79 Å². The van der Waals surface area contributed by atoms with Crippen LogP contribution < -0.4 is 5.32 Å². The molecule has 4 heteroatoms. The van der Waals surface area contributed by atoms with Crippen LogP contribution in [0.25, 0.3) is 0 Å². The minimum absolute atomic E-state index is 0.151. The van der Waals surface area contributed by atoms with Gasteiger partial charge in [-0.25, -0.2) is 0 Å². The highest BCUT2D eigenvalue weighted by Crippen LogP contribution is 2.23. The van der Waals surface area contributed by atoms with E-state index in [1.807, 2.05) is 12.1 Å². The molecular weight excluding hydrogens is 280 g/mol. The van der Waals surface area contributed by atoms with Crippen LogP contribution in [0.15, 0.2) is 40.0 Å². The summed E-state index contributed by atoms with van der Waals surface area (Å²) in [5, 5.41) is 11.7. The third kappa shape index (κ3) is 2.75. The van der Waals surface area contributed by atoms with Crippen molar-refractivity contribution in [3.63, 3.8) is 0 Å². The van der Waals surface area contributed by atoms with Gasteiger partial charge < -0.3 is 5.32 Å². The smallest absolute Gasteiger partial charge is 0.255 e. The van der Waals surface area contributed by atoms with Crippen LogP contribution in [0.5, 0.6) is 0 Å². The van der Waals surface area contributed by atoms with Gasteiger partial charge in [-0.1, -0.05) is 15.9 Å². The monoisotopic (exact) mass is 290 g/mol. The average Bonchev–Trinajstić information content (AvgIpc) is 2.77. The van der Waals surface area contributed by atoms with Crippen molar-refractivity contribution in [3.8, 4) is 6.07 Å². The molecular formula is C13H11BrN2O. The van der Waals surface area contributed by atoms with Crippen molar-refractivity contribution in [2.75, 3.05) is 0 Å². The zero-order valence-corrected chi connectivity index (χ0v) is 10.8. The van der Waals surface area contributed by atoms with Gasteiger partial charge in [-0.05, 0) is 43.5 Å². The van der Waals surface area contributed by atoms with Crippen LogP contribution in [0.2, 0.25) is 0 Å². The lowest BCUT2D eigenvalue weighted by molar-refractivity contribution is 0.0965. The Labute approximate surface area is 108 Å². The van der Waals surface area contributed by atoms with Gasteiger partial charge in [0.15, 0.2) is 0 Å². The van der Waals surface area contributed by atoms with Gasteiger partial charge in [0, 0.05) is 21.3 Å². The Morgan fingerprint density at radius 2 is 2.00 bits per heavy atom. The van der Waals surface area contributed by atoms with Gasteiger partial charge in [0.1, 0.15) is 0 Å². The minimum atomic E-state index is -0.151. The van der Waals surface area contributed by atoms with Gasteiger partial charge >= 0.3 is 0 Å². The first-order valence-corrected chi connectivity index (χ1v) is 6.19. The van der Waals surface area contributed by atoms with Crippen molar-refractivity contribution in [1.29, 1.82) is 5.26 Å². The van der Waals surface area contributed by atoms with Gasteiger partial charge in [-0.15, -0.1) is 0 Å². The highest BCUT2D eigenvalue weighted by Gasteiger charge is 2.16. The molecule has 1 aromatic carbocycles. The van der Waals surface area contributed by atoms with E-state index in [0.29, 0.717) is 11.1 Å². The Balaban J connectivity index is 2.12. The Morgan fingerprint density at radius 3 is 2.65 bits per heavy atom. The van der Waals surface area contributed by atoms with Crippen LogP contribution in [0.1, 0.15) is 29.6 Å². The lowest BCUT2D eigenvalue weighted by Gasteiger charge is -2.06. The lowest BCUT2D eigenvalue weighted by atomic mass is 10.2. The number of hydrogen-bond donors (Lipinski definition) is 1. The van der Waals surface area contributed by atoms with E-state index in [-0.39, 0.29) is 5.91 Å². The second-order valence-electron chi connectivity index (χ2n) is 3.88. The van der Waals surface area contributed by atoms with E-state index in [1.54, 1.807) is 12.1 Å². The van der Waals surface area contributed by atoms with E-state index < -0.39 is 0 Å². The molecule has 0 unspecified atom stereocenters.